The lowest BCUT2D eigenvalue weighted by Crippen LogP contribution is -2.54. The van der Waals surface area contributed by atoms with Gasteiger partial charge in [-0.1, -0.05) is 25.4 Å². The summed E-state index contributed by atoms with van der Waals surface area (Å²) >= 11 is 6.00. The summed E-state index contributed by atoms with van der Waals surface area (Å²) < 4.78 is 53.7. The van der Waals surface area contributed by atoms with Crippen LogP contribution in [-0.2, 0) is 9.59 Å². The number of rotatable bonds is 6. The van der Waals surface area contributed by atoms with Crippen molar-refractivity contribution in [1.29, 1.82) is 0 Å². The van der Waals surface area contributed by atoms with Gasteiger partial charge in [0.25, 0.3) is 5.91 Å². The number of nitrogens with zero attached hydrogens (tertiary/aromatic N) is 2. The van der Waals surface area contributed by atoms with Crippen molar-refractivity contribution < 1.29 is 36.7 Å². The Labute approximate surface area is 234 Å². The zero-order valence-electron chi connectivity index (χ0n) is 22.1. The van der Waals surface area contributed by atoms with Gasteiger partial charge < -0.3 is 19.8 Å². The minimum Gasteiger partial charge on any atom is -0.497 e. The van der Waals surface area contributed by atoms with E-state index >= 15 is 0 Å². The maximum absolute atomic E-state index is 14.4. The van der Waals surface area contributed by atoms with Crippen LogP contribution in [0.5, 0.6) is 5.75 Å². The largest absolute Gasteiger partial charge is 0.497 e. The number of carbonyl (C=O) groups excluding carboxylic acids is 3. The molecule has 3 amide bonds. The van der Waals surface area contributed by atoms with Gasteiger partial charge in [0, 0.05) is 35.5 Å². The number of ether oxygens (including phenoxy) is 1. The first-order valence-corrected chi connectivity index (χ1v) is 12.8. The molecule has 40 heavy (non-hydrogen) atoms. The summed E-state index contributed by atoms with van der Waals surface area (Å²) in [5.41, 5.74) is 5.42. The van der Waals surface area contributed by atoms with Crippen LogP contribution in [0.15, 0.2) is 65.3 Å². The number of carbonyl (C=O) groups is 3. The number of anilines is 2. The van der Waals surface area contributed by atoms with E-state index in [2.05, 4.69) is 5.73 Å². The molecule has 0 saturated heterocycles. The zero-order chi connectivity index (χ0) is 29.6. The van der Waals surface area contributed by atoms with Crippen molar-refractivity contribution in [3.63, 3.8) is 0 Å². The summed E-state index contributed by atoms with van der Waals surface area (Å²) in [7, 11) is 1.43. The van der Waals surface area contributed by atoms with Crippen LogP contribution in [0, 0.1) is 0 Å². The second-order valence-corrected chi connectivity index (χ2v) is 9.24. The number of hydrogen-bond acceptors (Lipinski definition) is 5. The molecule has 2 N–H and O–H groups in total. The van der Waals surface area contributed by atoms with Gasteiger partial charge in [-0.2, -0.15) is 13.2 Å². The molecule has 1 aliphatic heterocycles. The second kappa shape index (κ2) is 12.9. The molecule has 2 aromatic carbocycles. The topological polar surface area (TPSA) is 106 Å². The SMILES string of the molecule is CCC(=O)N(c1ccc(Cl)cc1)[C@@H]1C[C@H](C(F)(F)F)N(C(=O)c2ccco2)c2ccc(OC)cc21.CCC(N)=O. The average molecular weight is 580 g/mol. The third kappa shape index (κ3) is 6.77. The summed E-state index contributed by atoms with van der Waals surface area (Å²) in [6, 6.07) is 10.2. The number of fused-ring (bicyclic) bond motifs is 1. The average Bonchev–Trinajstić information content (AvgIpc) is 3.48. The van der Waals surface area contributed by atoms with Crippen LogP contribution in [0.25, 0.3) is 0 Å². The van der Waals surface area contributed by atoms with Crippen molar-refractivity contribution in [2.45, 2.75) is 51.4 Å². The molecule has 0 unspecified atom stereocenters. The zero-order valence-corrected chi connectivity index (χ0v) is 22.8. The lowest BCUT2D eigenvalue weighted by atomic mass is 9.88. The third-order valence-electron chi connectivity index (χ3n) is 6.28. The Hall–Kier alpha value is -3.99. The van der Waals surface area contributed by atoms with Crippen molar-refractivity contribution in [3.05, 3.63) is 77.2 Å². The third-order valence-corrected chi connectivity index (χ3v) is 6.53. The van der Waals surface area contributed by atoms with Gasteiger partial charge in [0.2, 0.25) is 11.8 Å². The fourth-order valence-corrected chi connectivity index (χ4v) is 4.45. The Morgan fingerprint density at radius 2 is 1.75 bits per heavy atom. The van der Waals surface area contributed by atoms with Crippen molar-refractivity contribution in [3.8, 4) is 5.75 Å². The van der Waals surface area contributed by atoms with Gasteiger partial charge >= 0.3 is 6.18 Å². The van der Waals surface area contributed by atoms with E-state index in [1.54, 1.807) is 44.2 Å². The van der Waals surface area contributed by atoms with E-state index in [1.807, 2.05) is 0 Å². The Morgan fingerprint density at radius 3 is 2.25 bits per heavy atom. The van der Waals surface area contributed by atoms with Gasteiger partial charge in [-0.15, -0.1) is 0 Å². The van der Waals surface area contributed by atoms with Crippen molar-refractivity contribution >= 4 is 40.7 Å². The molecule has 2 heterocycles. The van der Waals surface area contributed by atoms with E-state index in [4.69, 9.17) is 20.8 Å². The van der Waals surface area contributed by atoms with Crippen LogP contribution in [0.3, 0.4) is 0 Å². The summed E-state index contributed by atoms with van der Waals surface area (Å²) in [5.74, 6) is -1.40. The predicted molar refractivity (Wildman–Crippen MR) is 144 cm³/mol. The molecular formula is C28H29ClF3N3O5. The summed E-state index contributed by atoms with van der Waals surface area (Å²) in [6.07, 6.45) is -3.63. The predicted octanol–water partition coefficient (Wildman–Crippen LogP) is 6.29. The molecule has 3 aromatic rings. The summed E-state index contributed by atoms with van der Waals surface area (Å²) in [4.78, 5) is 37.9. The number of hydrogen-bond donors (Lipinski definition) is 1. The van der Waals surface area contributed by atoms with Crippen molar-refractivity contribution in [1.82, 2.24) is 0 Å². The number of amides is 3. The number of nitrogens with two attached hydrogens (primary N) is 1. The van der Waals surface area contributed by atoms with Crippen molar-refractivity contribution in [2.75, 3.05) is 16.9 Å². The maximum atomic E-state index is 14.4. The number of benzene rings is 2. The number of furan rings is 1. The number of alkyl halides is 3. The van der Waals surface area contributed by atoms with E-state index in [0.717, 1.165) is 0 Å². The first-order chi connectivity index (χ1) is 18.9. The summed E-state index contributed by atoms with van der Waals surface area (Å²) in [5, 5.41) is 0.423. The number of halogens is 4. The van der Waals surface area contributed by atoms with Crippen LogP contribution in [0.2, 0.25) is 5.02 Å². The molecular weight excluding hydrogens is 551 g/mol. The van der Waals surface area contributed by atoms with Gasteiger partial charge in [-0.05, 0) is 54.6 Å². The standard InChI is InChI=1S/C25H22ClF3N2O4.C3H7NO/c1-3-23(32)30(16-8-6-15(26)7-9-16)20-14-22(25(27,28)29)31(24(33)21-5-4-12-35-21)19-11-10-17(34-2)13-18(19)20;1-2-3(4)5/h4-13,20,22H,3,14H2,1-2H3;2H2,1H3,(H2,4,5)/t20-,22-;/m1./s1. The quantitative estimate of drug-likeness (QED) is 0.369. The molecule has 0 fully saturated rings. The molecule has 0 spiro atoms. The molecule has 1 aliphatic rings. The molecule has 214 valence electrons. The molecule has 0 saturated carbocycles. The highest BCUT2D eigenvalue weighted by molar-refractivity contribution is 6.30. The highest BCUT2D eigenvalue weighted by atomic mass is 35.5. The van der Waals surface area contributed by atoms with Crippen LogP contribution in [0.4, 0.5) is 24.5 Å². The van der Waals surface area contributed by atoms with Gasteiger partial charge in [0.1, 0.15) is 11.8 Å². The lowest BCUT2D eigenvalue weighted by Gasteiger charge is -2.44. The van der Waals surface area contributed by atoms with E-state index < -0.39 is 30.6 Å². The van der Waals surface area contributed by atoms with Gasteiger partial charge in [0.15, 0.2) is 5.76 Å². The molecule has 0 bridgehead atoms. The van der Waals surface area contributed by atoms with E-state index in [-0.39, 0.29) is 29.7 Å². The van der Waals surface area contributed by atoms with Crippen LogP contribution in [0.1, 0.15) is 55.3 Å². The molecule has 1 aromatic heterocycles. The van der Waals surface area contributed by atoms with Crippen LogP contribution in [-0.4, -0.2) is 37.0 Å². The number of primary amides is 1. The van der Waals surface area contributed by atoms with Crippen LogP contribution < -0.4 is 20.3 Å². The maximum Gasteiger partial charge on any atom is 0.409 e. The highest BCUT2D eigenvalue weighted by Crippen LogP contribution is 2.48. The first kappa shape index (κ1) is 30.6. The van der Waals surface area contributed by atoms with E-state index in [0.29, 0.717) is 33.3 Å². The molecule has 12 heteroatoms. The molecule has 8 nitrogen and oxygen atoms in total. The fraction of sp³-hybridized carbons (Fsp3) is 0.321. The molecule has 2 atom stereocenters. The highest BCUT2D eigenvalue weighted by Gasteiger charge is 2.52. The Morgan fingerprint density at radius 1 is 1.10 bits per heavy atom. The van der Waals surface area contributed by atoms with E-state index in [9.17, 15) is 27.6 Å². The molecule has 0 radical (unpaired) electrons. The fourth-order valence-electron chi connectivity index (χ4n) is 4.32. The lowest BCUT2D eigenvalue weighted by molar-refractivity contribution is -0.151. The van der Waals surface area contributed by atoms with Crippen LogP contribution >= 0.6 is 11.6 Å². The minimum absolute atomic E-state index is 0.0219. The second-order valence-electron chi connectivity index (χ2n) is 8.80. The molecule has 0 aliphatic carbocycles. The first-order valence-electron chi connectivity index (χ1n) is 12.4. The Bertz CT molecular complexity index is 1330. The van der Waals surface area contributed by atoms with Gasteiger partial charge in [-0.3, -0.25) is 19.3 Å². The normalized spacial score (nSPS) is 16.3. The monoisotopic (exact) mass is 579 g/mol. The number of methoxy groups -OCH3 is 1. The summed E-state index contributed by atoms with van der Waals surface area (Å²) in [6.45, 7) is 3.36. The van der Waals surface area contributed by atoms with Gasteiger partial charge in [0.05, 0.1) is 25.1 Å². The van der Waals surface area contributed by atoms with Gasteiger partial charge in [-0.25, -0.2) is 0 Å². The van der Waals surface area contributed by atoms with Crippen molar-refractivity contribution in [2.24, 2.45) is 5.73 Å². The Kier molecular flexibility index (Phi) is 9.86. The Balaban J connectivity index is 0.000000810. The minimum atomic E-state index is -4.78. The molecule has 4 rings (SSSR count). The smallest absolute Gasteiger partial charge is 0.409 e. The van der Waals surface area contributed by atoms with E-state index in [1.165, 1.54) is 42.5 Å².